The zero-order chi connectivity index (χ0) is 20.7. The normalized spacial score (nSPS) is 11.4. The first-order chi connectivity index (χ1) is 13.3. The van der Waals surface area contributed by atoms with Gasteiger partial charge >= 0.3 is 5.97 Å². The van der Waals surface area contributed by atoms with E-state index in [2.05, 4.69) is 5.32 Å². The molecule has 0 fully saturated rings. The Morgan fingerprint density at radius 2 is 1.96 bits per heavy atom. The number of benzene rings is 2. The summed E-state index contributed by atoms with van der Waals surface area (Å²) in [4.78, 5) is 34.3. The van der Waals surface area contributed by atoms with Crippen molar-refractivity contribution in [3.05, 3.63) is 63.2 Å². The Morgan fingerprint density at radius 3 is 2.61 bits per heavy atom. The summed E-state index contributed by atoms with van der Waals surface area (Å²) in [5.41, 5.74) is 0.852. The van der Waals surface area contributed by atoms with E-state index in [1.807, 2.05) is 18.2 Å². The fourth-order valence-electron chi connectivity index (χ4n) is 2.41. The summed E-state index contributed by atoms with van der Waals surface area (Å²) in [7, 11) is 1.55. The second-order valence-corrected chi connectivity index (χ2v) is 6.26. The first kappa shape index (κ1) is 21.2. The number of non-ortho nitro benzene ring substituents is 1. The minimum absolute atomic E-state index is 0.0113. The van der Waals surface area contributed by atoms with E-state index in [-0.39, 0.29) is 22.8 Å². The van der Waals surface area contributed by atoms with Gasteiger partial charge in [0.1, 0.15) is 5.75 Å². The minimum Gasteiger partial charge on any atom is -0.496 e. The van der Waals surface area contributed by atoms with Crippen LogP contribution in [0.3, 0.4) is 0 Å². The Kier molecular flexibility index (Phi) is 7.34. The number of anilines is 1. The monoisotopic (exact) mass is 406 g/mol. The van der Waals surface area contributed by atoms with Crippen LogP contribution in [0.25, 0.3) is 0 Å². The van der Waals surface area contributed by atoms with Gasteiger partial charge in [0.2, 0.25) is 0 Å². The molecule has 0 spiro atoms. The average Bonchev–Trinajstić information content (AvgIpc) is 2.67. The standard InChI is InChI=1S/C19H19ClN2O6/c1-12(19(24)21-16-9-8-14(22(25)26)11-15(16)20)28-18(23)10-7-13-5-3-4-6-17(13)27-2/h3-6,8-9,11-12H,7,10H2,1-2H3,(H,21,24). The van der Waals surface area contributed by atoms with Crippen molar-refractivity contribution < 1.29 is 24.0 Å². The Morgan fingerprint density at radius 1 is 1.25 bits per heavy atom. The van der Waals surface area contributed by atoms with Gasteiger partial charge in [-0.15, -0.1) is 0 Å². The van der Waals surface area contributed by atoms with E-state index in [9.17, 15) is 19.7 Å². The van der Waals surface area contributed by atoms with Crippen LogP contribution in [-0.2, 0) is 20.7 Å². The van der Waals surface area contributed by atoms with Crippen molar-refractivity contribution in [2.75, 3.05) is 12.4 Å². The number of carbonyl (C=O) groups excluding carboxylic acids is 2. The van der Waals surface area contributed by atoms with Gasteiger partial charge in [0.15, 0.2) is 6.10 Å². The number of nitrogens with one attached hydrogen (secondary N) is 1. The topological polar surface area (TPSA) is 108 Å². The maximum Gasteiger partial charge on any atom is 0.306 e. The van der Waals surface area contributed by atoms with Crippen LogP contribution < -0.4 is 10.1 Å². The Labute approximate surface area is 166 Å². The van der Waals surface area contributed by atoms with Gasteiger partial charge < -0.3 is 14.8 Å². The predicted molar refractivity (Wildman–Crippen MR) is 104 cm³/mol. The van der Waals surface area contributed by atoms with Gasteiger partial charge in [0, 0.05) is 18.6 Å². The molecule has 1 unspecified atom stereocenters. The maximum atomic E-state index is 12.2. The highest BCUT2D eigenvalue weighted by Crippen LogP contribution is 2.27. The summed E-state index contributed by atoms with van der Waals surface area (Å²) in [6.45, 7) is 1.43. The number of rotatable bonds is 8. The van der Waals surface area contributed by atoms with Crippen LogP contribution in [-0.4, -0.2) is 30.0 Å². The number of methoxy groups -OCH3 is 1. The van der Waals surface area contributed by atoms with E-state index in [0.29, 0.717) is 12.2 Å². The van der Waals surface area contributed by atoms with E-state index in [4.69, 9.17) is 21.1 Å². The second kappa shape index (κ2) is 9.70. The van der Waals surface area contributed by atoms with Crippen molar-refractivity contribution >= 4 is 34.9 Å². The summed E-state index contributed by atoms with van der Waals surface area (Å²) in [6.07, 6.45) is -0.571. The number of nitrogens with zero attached hydrogens (tertiary/aromatic N) is 1. The van der Waals surface area contributed by atoms with Crippen molar-refractivity contribution in [1.29, 1.82) is 0 Å². The number of nitro groups is 1. The van der Waals surface area contributed by atoms with Crippen LogP contribution in [0.1, 0.15) is 18.9 Å². The zero-order valence-corrected chi connectivity index (χ0v) is 16.1. The van der Waals surface area contributed by atoms with Crippen LogP contribution in [0.5, 0.6) is 5.75 Å². The number of amides is 1. The molecule has 8 nitrogen and oxygen atoms in total. The van der Waals surface area contributed by atoms with Crippen LogP contribution in [0, 0.1) is 10.1 Å². The molecule has 1 N–H and O–H groups in total. The lowest BCUT2D eigenvalue weighted by Gasteiger charge is -2.14. The lowest BCUT2D eigenvalue weighted by atomic mass is 10.1. The van der Waals surface area contributed by atoms with E-state index >= 15 is 0 Å². The predicted octanol–water partition coefficient (Wildman–Crippen LogP) is 3.76. The molecule has 28 heavy (non-hydrogen) atoms. The maximum absolute atomic E-state index is 12.2. The van der Waals surface area contributed by atoms with Gasteiger partial charge in [-0.2, -0.15) is 0 Å². The van der Waals surface area contributed by atoms with Crippen molar-refractivity contribution in [3.63, 3.8) is 0 Å². The number of carbonyl (C=O) groups is 2. The molecule has 0 saturated heterocycles. The summed E-state index contributed by atoms with van der Waals surface area (Å²) in [5, 5.41) is 13.2. The molecule has 2 aromatic rings. The molecule has 2 rings (SSSR count). The number of halogens is 1. The molecule has 148 valence electrons. The molecule has 2 aromatic carbocycles. The molecular formula is C19H19ClN2O6. The number of hydrogen-bond donors (Lipinski definition) is 1. The summed E-state index contributed by atoms with van der Waals surface area (Å²) in [6, 6.07) is 11.0. The highest BCUT2D eigenvalue weighted by molar-refractivity contribution is 6.34. The number of para-hydroxylation sites is 1. The van der Waals surface area contributed by atoms with E-state index < -0.39 is 22.9 Å². The number of esters is 1. The lowest BCUT2D eigenvalue weighted by molar-refractivity contribution is -0.384. The quantitative estimate of drug-likeness (QED) is 0.406. The third-order valence-corrected chi connectivity index (χ3v) is 4.20. The number of ether oxygens (including phenoxy) is 2. The van der Waals surface area contributed by atoms with E-state index in [0.717, 1.165) is 11.6 Å². The molecule has 0 heterocycles. The number of nitro benzene ring substituents is 1. The summed E-state index contributed by atoms with van der Waals surface area (Å²) in [5.74, 6) is -0.460. The summed E-state index contributed by atoms with van der Waals surface area (Å²) < 4.78 is 10.4. The van der Waals surface area contributed by atoms with Crippen molar-refractivity contribution in [2.24, 2.45) is 0 Å². The molecule has 0 aromatic heterocycles. The SMILES string of the molecule is COc1ccccc1CCC(=O)OC(C)C(=O)Nc1ccc([N+](=O)[O-])cc1Cl. The van der Waals surface area contributed by atoms with E-state index in [1.165, 1.54) is 19.1 Å². The van der Waals surface area contributed by atoms with Crippen molar-refractivity contribution in [1.82, 2.24) is 0 Å². The molecule has 0 bridgehead atoms. The fraction of sp³-hybridized carbons (Fsp3) is 0.263. The fourth-order valence-corrected chi connectivity index (χ4v) is 2.63. The van der Waals surface area contributed by atoms with Crippen molar-refractivity contribution in [3.8, 4) is 5.75 Å². The largest absolute Gasteiger partial charge is 0.496 e. The first-order valence-electron chi connectivity index (χ1n) is 8.38. The second-order valence-electron chi connectivity index (χ2n) is 5.85. The Hall–Kier alpha value is -3.13. The molecule has 0 aliphatic heterocycles. The minimum atomic E-state index is -1.06. The van der Waals surface area contributed by atoms with Gasteiger partial charge in [0.05, 0.1) is 22.7 Å². The third-order valence-electron chi connectivity index (χ3n) is 3.89. The lowest BCUT2D eigenvalue weighted by Crippen LogP contribution is -2.30. The Balaban J connectivity index is 1.89. The third kappa shape index (κ3) is 5.68. The average molecular weight is 407 g/mol. The van der Waals surface area contributed by atoms with Crippen LogP contribution in [0.2, 0.25) is 5.02 Å². The smallest absolute Gasteiger partial charge is 0.306 e. The van der Waals surface area contributed by atoms with Gasteiger partial charge in [-0.05, 0) is 31.0 Å². The molecule has 0 radical (unpaired) electrons. The van der Waals surface area contributed by atoms with Gasteiger partial charge in [0.25, 0.3) is 11.6 Å². The molecule has 0 aliphatic rings. The van der Waals surface area contributed by atoms with Gasteiger partial charge in [-0.1, -0.05) is 29.8 Å². The highest BCUT2D eigenvalue weighted by Gasteiger charge is 2.20. The molecule has 1 amide bonds. The van der Waals surface area contributed by atoms with Gasteiger partial charge in [-0.25, -0.2) is 0 Å². The van der Waals surface area contributed by atoms with Crippen LogP contribution in [0.4, 0.5) is 11.4 Å². The number of aryl methyl sites for hydroxylation is 1. The van der Waals surface area contributed by atoms with E-state index in [1.54, 1.807) is 13.2 Å². The Bertz CT molecular complexity index is 886. The summed E-state index contributed by atoms with van der Waals surface area (Å²) >= 11 is 5.94. The molecule has 0 aliphatic carbocycles. The first-order valence-corrected chi connectivity index (χ1v) is 8.75. The molecule has 9 heteroatoms. The zero-order valence-electron chi connectivity index (χ0n) is 15.3. The molecular weight excluding hydrogens is 388 g/mol. The number of hydrogen-bond acceptors (Lipinski definition) is 6. The van der Waals surface area contributed by atoms with Gasteiger partial charge in [-0.3, -0.25) is 19.7 Å². The van der Waals surface area contributed by atoms with Crippen molar-refractivity contribution in [2.45, 2.75) is 25.9 Å². The highest BCUT2D eigenvalue weighted by atomic mass is 35.5. The van der Waals surface area contributed by atoms with Crippen LogP contribution in [0.15, 0.2) is 42.5 Å². The molecule has 1 atom stereocenters. The molecule has 0 saturated carbocycles. The van der Waals surface area contributed by atoms with Crippen LogP contribution >= 0.6 is 11.6 Å².